The number of nitriles is 1. The molecular weight excluding hydrogens is 366 g/mol. The third-order valence-electron chi connectivity index (χ3n) is 4.00. The van der Waals surface area contributed by atoms with Gasteiger partial charge in [-0.15, -0.1) is 0 Å². The number of aryl methyl sites for hydroxylation is 1. The van der Waals surface area contributed by atoms with Gasteiger partial charge < -0.3 is 0 Å². The number of hydrogen-bond acceptors (Lipinski definition) is 5. The van der Waals surface area contributed by atoms with Crippen LogP contribution >= 0.6 is 11.8 Å². The standard InChI is InChI=1S/C19H23N3O2S2/c1-4-22(5-2)26(23,24)18-10-11-19(21-14-18)25-17(13-20)12-16-8-6-15(3)7-9-16/h6-11,14,17H,4-5,12H2,1-3H3/t17-/m0/s1. The summed E-state index contributed by atoms with van der Waals surface area (Å²) in [6, 6.07) is 13.6. The zero-order chi connectivity index (χ0) is 19.2. The van der Waals surface area contributed by atoms with Gasteiger partial charge in [0.1, 0.15) is 10.1 Å². The Morgan fingerprint density at radius 1 is 1.15 bits per heavy atom. The van der Waals surface area contributed by atoms with Crippen molar-refractivity contribution in [3.8, 4) is 6.07 Å². The molecule has 1 aromatic heterocycles. The maximum Gasteiger partial charge on any atom is 0.244 e. The van der Waals surface area contributed by atoms with Crippen LogP contribution in [0.15, 0.2) is 52.5 Å². The average Bonchev–Trinajstić information content (AvgIpc) is 2.64. The molecule has 0 unspecified atom stereocenters. The monoisotopic (exact) mass is 389 g/mol. The predicted molar refractivity (Wildman–Crippen MR) is 104 cm³/mol. The molecule has 7 heteroatoms. The van der Waals surface area contributed by atoms with Gasteiger partial charge in [0.05, 0.1) is 11.1 Å². The molecule has 138 valence electrons. The van der Waals surface area contributed by atoms with E-state index in [0.717, 1.165) is 5.56 Å². The summed E-state index contributed by atoms with van der Waals surface area (Å²) in [4.78, 5) is 4.42. The number of sulfonamides is 1. The summed E-state index contributed by atoms with van der Waals surface area (Å²) in [5, 5.41) is 9.78. The van der Waals surface area contributed by atoms with Crippen molar-refractivity contribution in [2.75, 3.05) is 13.1 Å². The average molecular weight is 390 g/mol. The fourth-order valence-corrected chi connectivity index (χ4v) is 4.78. The van der Waals surface area contributed by atoms with Crippen LogP contribution < -0.4 is 0 Å². The van der Waals surface area contributed by atoms with Crippen molar-refractivity contribution in [1.29, 1.82) is 5.26 Å². The number of benzene rings is 1. The minimum absolute atomic E-state index is 0.178. The molecule has 26 heavy (non-hydrogen) atoms. The molecule has 2 aromatic rings. The lowest BCUT2D eigenvalue weighted by atomic mass is 10.1. The molecule has 0 amide bonds. The molecule has 0 aliphatic rings. The van der Waals surface area contributed by atoms with Gasteiger partial charge in [-0.25, -0.2) is 13.4 Å². The van der Waals surface area contributed by atoms with Crippen LogP contribution in [0, 0.1) is 18.3 Å². The van der Waals surface area contributed by atoms with Crippen LogP contribution in [-0.4, -0.2) is 36.0 Å². The molecular formula is C19H23N3O2S2. The molecule has 0 bridgehead atoms. The van der Waals surface area contributed by atoms with Crippen LogP contribution in [0.4, 0.5) is 0 Å². The van der Waals surface area contributed by atoms with E-state index < -0.39 is 10.0 Å². The Hall–Kier alpha value is -1.88. The molecule has 0 saturated carbocycles. The van der Waals surface area contributed by atoms with Crippen molar-refractivity contribution in [2.45, 2.75) is 42.4 Å². The van der Waals surface area contributed by atoms with E-state index in [-0.39, 0.29) is 10.1 Å². The fourth-order valence-electron chi connectivity index (χ4n) is 2.50. The summed E-state index contributed by atoms with van der Waals surface area (Å²) in [7, 11) is -3.51. The summed E-state index contributed by atoms with van der Waals surface area (Å²) in [5.74, 6) is 0. The van der Waals surface area contributed by atoms with E-state index in [2.05, 4.69) is 11.1 Å². The Labute approximate surface area is 160 Å². The van der Waals surface area contributed by atoms with Gasteiger partial charge in [0, 0.05) is 19.3 Å². The smallest absolute Gasteiger partial charge is 0.244 e. The van der Waals surface area contributed by atoms with E-state index in [1.165, 1.54) is 27.8 Å². The van der Waals surface area contributed by atoms with Gasteiger partial charge in [0.2, 0.25) is 10.0 Å². The van der Waals surface area contributed by atoms with E-state index in [9.17, 15) is 13.7 Å². The fraction of sp³-hybridized carbons (Fsp3) is 0.368. The second-order valence-corrected chi connectivity index (χ2v) is 9.01. The van der Waals surface area contributed by atoms with Gasteiger partial charge in [-0.05, 0) is 31.0 Å². The second kappa shape index (κ2) is 9.17. The molecule has 0 aliphatic heterocycles. The highest BCUT2D eigenvalue weighted by Crippen LogP contribution is 2.25. The van der Waals surface area contributed by atoms with Gasteiger partial charge in [0.15, 0.2) is 0 Å². The van der Waals surface area contributed by atoms with Crippen molar-refractivity contribution in [2.24, 2.45) is 0 Å². The minimum Gasteiger partial charge on any atom is -0.248 e. The van der Waals surface area contributed by atoms with Crippen molar-refractivity contribution in [1.82, 2.24) is 9.29 Å². The van der Waals surface area contributed by atoms with Crippen LogP contribution in [0.3, 0.4) is 0 Å². The zero-order valence-electron chi connectivity index (χ0n) is 15.2. The highest BCUT2D eigenvalue weighted by molar-refractivity contribution is 8.00. The molecule has 0 radical (unpaired) electrons. The molecule has 1 heterocycles. The quantitative estimate of drug-likeness (QED) is 0.644. The summed E-state index contributed by atoms with van der Waals surface area (Å²) in [6.45, 7) is 6.48. The van der Waals surface area contributed by atoms with Crippen LogP contribution in [0.1, 0.15) is 25.0 Å². The SMILES string of the molecule is CCN(CC)S(=O)(=O)c1ccc(S[C@H](C#N)Cc2ccc(C)cc2)nc1. The molecule has 1 atom stereocenters. The first kappa shape index (κ1) is 20.4. The second-order valence-electron chi connectivity index (χ2n) is 5.85. The maximum atomic E-state index is 12.5. The van der Waals surface area contributed by atoms with Crippen LogP contribution in [-0.2, 0) is 16.4 Å². The van der Waals surface area contributed by atoms with Gasteiger partial charge in [-0.2, -0.15) is 9.57 Å². The molecule has 0 aliphatic carbocycles. The summed E-state index contributed by atoms with van der Waals surface area (Å²) in [5.41, 5.74) is 2.27. The first-order valence-corrected chi connectivity index (χ1v) is 10.8. The van der Waals surface area contributed by atoms with E-state index in [0.29, 0.717) is 24.5 Å². The van der Waals surface area contributed by atoms with Crippen molar-refractivity contribution < 1.29 is 8.42 Å². The summed E-state index contributed by atoms with van der Waals surface area (Å²) >= 11 is 1.35. The first-order valence-electron chi connectivity index (χ1n) is 8.48. The van der Waals surface area contributed by atoms with E-state index in [1.54, 1.807) is 26.0 Å². The van der Waals surface area contributed by atoms with Crippen LogP contribution in [0.2, 0.25) is 0 Å². The van der Waals surface area contributed by atoms with Crippen molar-refractivity contribution in [3.05, 3.63) is 53.7 Å². The molecule has 0 N–H and O–H groups in total. The molecule has 0 saturated heterocycles. The van der Waals surface area contributed by atoms with Gasteiger partial charge in [-0.3, -0.25) is 0 Å². The van der Waals surface area contributed by atoms with Gasteiger partial charge in [-0.1, -0.05) is 55.4 Å². The highest BCUT2D eigenvalue weighted by atomic mass is 32.2. The lowest BCUT2D eigenvalue weighted by Crippen LogP contribution is -2.30. The minimum atomic E-state index is -3.51. The lowest BCUT2D eigenvalue weighted by Gasteiger charge is -2.18. The third kappa shape index (κ3) is 5.07. The topological polar surface area (TPSA) is 74.1 Å². The first-order chi connectivity index (χ1) is 12.4. The normalized spacial score (nSPS) is 12.7. The largest absolute Gasteiger partial charge is 0.248 e. The van der Waals surface area contributed by atoms with E-state index in [4.69, 9.17) is 0 Å². The Morgan fingerprint density at radius 3 is 2.31 bits per heavy atom. The Kier molecular flexibility index (Phi) is 7.21. The third-order valence-corrected chi connectivity index (χ3v) is 7.07. The number of hydrogen-bond donors (Lipinski definition) is 0. The lowest BCUT2D eigenvalue weighted by molar-refractivity contribution is 0.445. The number of aromatic nitrogens is 1. The van der Waals surface area contributed by atoms with Gasteiger partial charge in [0.25, 0.3) is 0 Å². The highest BCUT2D eigenvalue weighted by Gasteiger charge is 2.22. The summed E-state index contributed by atoms with van der Waals surface area (Å²) in [6.07, 6.45) is 1.99. The number of pyridine rings is 1. The molecule has 1 aromatic carbocycles. The molecule has 2 rings (SSSR count). The molecule has 0 spiro atoms. The number of rotatable bonds is 8. The van der Waals surface area contributed by atoms with Crippen molar-refractivity contribution in [3.63, 3.8) is 0 Å². The molecule has 0 fully saturated rings. The summed E-state index contributed by atoms with van der Waals surface area (Å²) < 4.78 is 26.4. The van der Waals surface area contributed by atoms with Crippen LogP contribution in [0.25, 0.3) is 0 Å². The van der Waals surface area contributed by atoms with E-state index >= 15 is 0 Å². The zero-order valence-corrected chi connectivity index (χ0v) is 16.8. The Morgan fingerprint density at radius 2 is 1.81 bits per heavy atom. The maximum absolute atomic E-state index is 12.5. The van der Waals surface area contributed by atoms with E-state index in [1.807, 2.05) is 31.2 Å². The van der Waals surface area contributed by atoms with Gasteiger partial charge >= 0.3 is 0 Å². The van der Waals surface area contributed by atoms with Crippen molar-refractivity contribution >= 4 is 21.8 Å². The Balaban J connectivity index is 2.10. The Bertz CT molecular complexity index is 853. The molecule has 5 nitrogen and oxygen atoms in total. The van der Waals surface area contributed by atoms with Crippen LogP contribution in [0.5, 0.6) is 0 Å². The number of thioether (sulfide) groups is 1. The number of nitrogens with zero attached hydrogens (tertiary/aromatic N) is 3. The predicted octanol–water partition coefficient (Wildman–Crippen LogP) is 3.65.